The summed E-state index contributed by atoms with van der Waals surface area (Å²) >= 11 is 0. The Morgan fingerprint density at radius 3 is 1.25 bits per heavy atom. The molecule has 2 aromatic rings. The molecule has 0 aromatic heterocycles. The highest BCUT2D eigenvalue weighted by atomic mass is 16.6. The molecule has 180 valence electrons. The minimum absolute atomic E-state index is 0.0149. The quantitative estimate of drug-likeness (QED) is 0.328. The molecule has 0 unspecified atom stereocenters. The molecule has 8 rings (SSSR count). The van der Waals surface area contributed by atoms with Crippen LogP contribution in [0.5, 0.6) is 0 Å². The Morgan fingerprint density at radius 1 is 0.667 bits per heavy atom. The second kappa shape index (κ2) is 6.59. The Hall–Kier alpha value is -4.48. The fourth-order valence-electron chi connectivity index (χ4n) is 8.32. The molecule has 12 heteroatoms. The van der Waals surface area contributed by atoms with Gasteiger partial charge in [0.15, 0.2) is 0 Å². The molecule has 6 aliphatic rings. The highest BCUT2D eigenvalue weighted by Gasteiger charge is 3.13. The number of amides is 2. The van der Waals surface area contributed by atoms with Crippen LogP contribution in [0.4, 0.5) is 11.4 Å². The molecule has 0 heterocycles. The third-order valence-corrected chi connectivity index (χ3v) is 9.38. The van der Waals surface area contributed by atoms with Crippen LogP contribution in [-0.2, 0) is 9.59 Å². The van der Waals surface area contributed by atoms with Gasteiger partial charge in [0.05, 0.1) is 33.1 Å². The van der Waals surface area contributed by atoms with Crippen molar-refractivity contribution in [3.63, 3.8) is 0 Å². The van der Waals surface area contributed by atoms with E-state index in [0.717, 1.165) is 0 Å². The topological polar surface area (TPSA) is 169 Å². The first kappa shape index (κ1) is 20.9. The number of carbonyl (C=O) groups excluding carboxylic acids is 2. The van der Waals surface area contributed by atoms with Crippen molar-refractivity contribution in [2.24, 2.45) is 56.5 Å². The second-order valence-corrected chi connectivity index (χ2v) is 10.1. The van der Waals surface area contributed by atoms with Gasteiger partial charge in [-0.1, -0.05) is 0 Å². The molecule has 0 aliphatic heterocycles. The maximum atomic E-state index is 12.9. The van der Waals surface area contributed by atoms with Crippen LogP contribution in [0, 0.1) is 66.6 Å². The van der Waals surface area contributed by atoms with Crippen LogP contribution in [0.15, 0.2) is 58.7 Å². The fourth-order valence-corrected chi connectivity index (χ4v) is 8.32. The Kier molecular flexibility index (Phi) is 3.82. The van der Waals surface area contributed by atoms with Crippen molar-refractivity contribution in [3.05, 3.63) is 79.9 Å². The van der Waals surface area contributed by atoms with Crippen LogP contribution in [0.2, 0.25) is 0 Å². The molecule has 12 nitrogen and oxygen atoms in total. The second-order valence-electron chi connectivity index (χ2n) is 10.1. The molecule has 2 amide bonds. The van der Waals surface area contributed by atoms with Gasteiger partial charge in [-0.25, -0.2) is 10.9 Å². The molecule has 36 heavy (non-hydrogen) atoms. The number of non-ortho nitro benzene ring substituents is 2. The van der Waals surface area contributed by atoms with Gasteiger partial charge in [0.25, 0.3) is 11.4 Å². The average Bonchev–Trinajstić information content (AvgIpc) is 2.88. The minimum Gasteiger partial charge on any atom is -0.273 e. The van der Waals surface area contributed by atoms with Crippen molar-refractivity contribution in [1.29, 1.82) is 0 Å². The number of hydrogen-bond donors (Lipinski definition) is 2. The summed E-state index contributed by atoms with van der Waals surface area (Å²) in [5, 5.41) is 29.6. The SMILES string of the molecule is O=C(N/N=C/c1ccc([N+](=O)[O-])cc1)C12C3C4C1C1C2C3C41C(=O)N/N=C/c1ccc([N+](=O)[O-])cc1. The highest BCUT2D eigenvalue weighted by Crippen LogP contribution is 3.10. The van der Waals surface area contributed by atoms with Gasteiger partial charge in [0, 0.05) is 24.3 Å². The molecule has 0 spiro atoms. The van der Waals surface area contributed by atoms with Gasteiger partial charge in [-0.2, -0.15) is 10.2 Å². The lowest BCUT2D eigenvalue weighted by Gasteiger charge is -3.09. The van der Waals surface area contributed by atoms with E-state index in [9.17, 15) is 29.8 Å². The van der Waals surface area contributed by atoms with E-state index in [2.05, 4.69) is 21.1 Å². The summed E-state index contributed by atoms with van der Waals surface area (Å²) in [5.41, 5.74) is 5.75. The summed E-state index contributed by atoms with van der Waals surface area (Å²) < 4.78 is 0. The summed E-state index contributed by atoms with van der Waals surface area (Å²) in [7, 11) is 0. The van der Waals surface area contributed by atoms with Gasteiger partial charge >= 0.3 is 0 Å². The third kappa shape index (κ3) is 2.08. The maximum Gasteiger partial charge on any atom is 0.269 e. The zero-order valence-electron chi connectivity index (χ0n) is 18.5. The summed E-state index contributed by atoms with van der Waals surface area (Å²) in [6, 6.07) is 11.7. The Balaban J connectivity index is 0.952. The number of hydrazone groups is 2. The van der Waals surface area contributed by atoms with Crippen LogP contribution < -0.4 is 10.9 Å². The first-order chi connectivity index (χ1) is 17.3. The number of nitrogens with one attached hydrogen (secondary N) is 2. The largest absolute Gasteiger partial charge is 0.273 e. The predicted octanol–water partition coefficient (Wildman–Crippen LogP) is 1.84. The highest BCUT2D eigenvalue weighted by molar-refractivity contribution is 6.00. The Bertz CT molecular complexity index is 1270. The van der Waals surface area contributed by atoms with Crippen molar-refractivity contribution in [2.75, 3.05) is 0 Å². The molecule has 0 bridgehead atoms. The van der Waals surface area contributed by atoms with Crippen molar-refractivity contribution < 1.29 is 19.4 Å². The molecule has 2 N–H and O–H groups in total. The van der Waals surface area contributed by atoms with Crippen molar-refractivity contribution in [3.8, 4) is 0 Å². The van der Waals surface area contributed by atoms with Crippen molar-refractivity contribution in [2.45, 2.75) is 0 Å². The molecule has 0 atom stereocenters. The third-order valence-electron chi connectivity index (χ3n) is 9.38. The lowest BCUT2D eigenvalue weighted by atomic mass is 8.92. The van der Waals surface area contributed by atoms with Gasteiger partial charge in [-0.15, -0.1) is 0 Å². The van der Waals surface area contributed by atoms with E-state index in [-0.39, 0.29) is 58.7 Å². The smallest absolute Gasteiger partial charge is 0.269 e. The number of nitro groups is 2. The van der Waals surface area contributed by atoms with Crippen LogP contribution in [-0.4, -0.2) is 34.1 Å². The first-order valence-corrected chi connectivity index (χ1v) is 11.5. The molecular formula is C24H18N6O6. The van der Waals surface area contributed by atoms with E-state index in [1.54, 1.807) is 24.3 Å². The molecule has 2 aromatic carbocycles. The summed E-state index contributed by atoms with van der Waals surface area (Å²) in [5.74, 6) is 1.11. The van der Waals surface area contributed by atoms with Gasteiger partial charge < -0.3 is 0 Å². The van der Waals surface area contributed by atoms with E-state index in [4.69, 9.17) is 0 Å². The monoisotopic (exact) mass is 486 g/mol. The fraction of sp³-hybridized carbons (Fsp3) is 0.333. The minimum atomic E-state index is -0.479. The summed E-state index contributed by atoms with van der Waals surface area (Å²) in [6.45, 7) is 0. The van der Waals surface area contributed by atoms with Crippen molar-refractivity contribution in [1.82, 2.24) is 10.9 Å². The number of nitrogens with zero attached hydrogens (tertiary/aromatic N) is 4. The molecule has 0 saturated heterocycles. The standard InChI is InChI=1S/C24H18N6O6/c31-21(27-25-9-11-1-5-13(6-2-11)29(33)34)23-15-18-16(23)20-17(23)19(15)24(18,20)22(32)28-26-10-12-3-7-14(8-4-12)30(35)36/h1-10,15-20H,(H,27,31)(H,28,32)/b25-9+,26-10+. The Morgan fingerprint density at radius 2 is 0.972 bits per heavy atom. The predicted molar refractivity (Wildman–Crippen MR) is 123 cm³/mol. The summed E-state index contributed by atoms with van der Waals surface area (Å²) in [4.78, 5) is 46.4. The van der Waals surface area contributed by atoms with Crippen LogP contribution in [0.1, 0.15) is 11.1 Å². The van der Waals surface area contributed by atoms with E-state index < -0.39 is 20.7 Å². The van der Waals surface area contributed by atoms with Crippen LogP contribution >= 0.6 is 0 Å². The lowest BCUT2D eigenvalue weighted by Crippen LogP contribution is -3.12. The number of nitro benzene ring substituents is 2. The van der Waals surface area contributed by atoms with E-state index >= 15 is 0 Å². The van der Waals surface area contributed by atoms with Gasteiger partial charge in [-0.05, 0) is 70.9 Å². The van der Waals surface area contributed by atoms with Crippen LogP contribution in [0.25, 0.3) is 0 Å². The number of rotatable bonds is 8. The number of hydrogen-bond acceptors (Lipinski definition) is 8. The Labute approximate surface area is 202 Å². The zero-order valence-corrected chi connectivity index (χ0v) is 18.5. The first-order valence-electron chi connectivity index (χ1n) is 11.5. The molecular weight excluding hydrogens is 468 g/mol. The lowest BCUT2D eigenvalue weighted by molar-refractivity contribution is -0.624. The molecule has 6 aliphatic carbocycles. The average molecular weight is 486 g/mol. The van der Waals surface area contributed by atoms with E-state index in [1.165, 1.54) is 36.7 Å². The normalized spacial score (nSPS) is 37.0. The van der Waals surface area contributed by atoms with E-state index in [0.29, 0.717) is 11.1 Å². The van der Waals surface area contributed by atoms with Gasteiger partial charge in [0.1, 0.15) is 0 Å². The number of carbonyl (C=O) groups is 2. The zero-order chi connectivity index (χ0) is 25.0. The summed E-state index contributed by atoms with van der Waals surface area (Å²) in [6.07, 6.45) is 2.92. The number of benzene rings is 2. The van der Waals surface area contributed by atoms with Gasteiger partial charge in [0.2, 0.25) is 11.8 Å². The molecule has 6 fully saturated rings. The molecule has 0 radical (unpaired) electrons. The van der Waals surface area contributed by atoms with Crippen molar-refractivity contribution >= 4 is 35.6 Å². The maximum absolute atomic E-state index is 12.9. The van der Waals surface area contributed by atoms with Crippen LogP contribution in [0.3, 0.4) is 0 Å². The molecule has 6 saturated carbocycles. The van der Waals surface area contributed by atoms with Gasteiger partial charge in [-0.3, -0.25) is 29.8 Å². The van der Waals surface area contributed by atoms with E-state index in [1.807, 2.05) is 0 Å².